The van der Waals surface area contributed by atoms with Crippen LogP contribution in [0.3, 0.4) is 0 Å². The molecule has 2 unspecified atom stereocenters. The Morgan fingerprint density at radius 1 is 1.33 bits per heavy atom. The molecular weight excluding hydrogens is 182 g/mol. The summed E-state index contributed by atoms with van der Waals surface area (Å²) in [5.41, 5.74) is 3.03. The van der Waals surface area contributed by atoms with Crippen molar-refractivity contribution in [3.05, 3.63) is 35.4 Å². The van der Waals surface area contributed by atoms with Gasteiger partial charge in [-0.2, -0.15) is 0 Å². The van der Waals surface area contributed by atoms with Crippen LogP contribution in [0.15, 0.2) is 24.3 Å². The molecule has 1 heteroatoms. The lowest BCUT2D eigenvalue weighted by molar-refractivity contribution is 0.619. The van der Waals surface area contributed by atoms with Gasteiger partial charge in [-0.25, -0.2) is 0 Å². The Balaban J connectivity index is 1.85. The second-order valence-corrected chi connectivity index (χ2v) is 4.66. The van der Waals surface area contributed by atoms with Crippen LogP contribution in [0.4, 0.5) is 0 Å². The SMILES string of the molecule is CCCNCC1CC1c1ccccc1C. The second kappa shape index (κ2) is 4.80. The first kappa shape index (κ1) is 10.7. The highest BCUT2D eigenvalue weighted by Gasteiger charge is 2.38. The number of aryl methyl sites for hydroxylation is 1. The van der Waals surface area contributed by atoms with E-state index in [1.165, 1.54) is 24.9 Å². The van der Waals surface area contributed by atoms with Crippen molar-refractivity contribution in [2.75, 3.05) is 13.1 Å². The van der Waals surface area contributed by atoms with Crippen molar-refractivity contribution in [2.24, 2.45) is 5.92 Å². The zero-order valence-electron chi connectivity index (χ0n) is 9.79. The van der Waals surface area contributed by atoms with E-state index in [9.17, 15) is 0 Å². The average Bonchev–Trinajstić information content (AvgIpc) is 2.98. The Morgan fingerprint density at radius 3 is 2.87 bits per heavy atom. The molecule has 2 rings (SSSR count). The highest BCUT2D eigenvalue weighted by Crippen LogP contribution is 2.47. The number of rotatable bonds is 5. The first-order valence-electron chi connectivity index (χ1n) is 6.09. The fourth-order valence-electron chi connectivity index (χ4n) is 2.32. The van der Waals surface area contributed by atoms with Gasteiger partial charge in [0.15, 0.2) is 0 Å². The number of benzene rings is 1. The number of hydrogen-bond acceptors (Lipinski definition) is 1. The van der Waals surface area contributed by atoms with Crippen molar-refractivity contribution >= 4 is 0 Å². The quantitative estimate of drug-likeness (QED) is 0.725. The average molecular weight is 203 g/mol. The molecule has 1 aromatic carbocycles. The minimum Gasteiger partial charge on any atom is -0.316 e. The molecule has 1 aromatic rings. The summed E-state index contributed by atoms with van der Waals surface area (Å²) in [5.74, 6) is 1.72. The van der Waals surface area contributed by atoms with Crippen LogP contribution in [0.1, 0.15) is 36.8 Å². The third-order valence-electron chi connectivity index (χ3n) is 3.34. The van der Waals surface area contributed by atoms with Gasteiger partial charge in [-0.05, 0) is 55.8 Å². The summed E-state index contributed by atoms with van der Waals surface area (Å²) >= 11 is 0. The zero-order chi connectivity index (χ0) is 10.7. The Kier molecular flexibility index (Phi) is 3.42. The molecule has 0 aliphatic heterocycles. The van der Waals surface area contributed by atoms with Crippen LogP contribution in [-0.2, 0) is 0 Å². The van der Waals surface area contributed by atoms with Crippen LogP contribution >= 0.6 is 0 Å². The summed E-state index contributed by atoms with van der Waals surface area (Å²) in [6, 6.07) is 8.81. The predicted octanol–water partition coefficient (Wildman–Crippen LogP) is 3.10. The lowest BCUT2D eigenvalue weighted by Gasteiger charge is -2.05. The van der Waals surface area contributed by atoms with Gasteiger partial charge in [0.05, 0.1) is 0 Å². The molecule has 1 nitrogen and oxygen atoms in total. The van der Waals surface area contributed by atoms with E-state index in [1.54, 1.807) is 5.56 Å². The molecular formula is C14H21N. The molecule has 15 heavy (non-hydrogen) atoms. The third kappa shape index (κ3) is 2.60. The Labute approximate surface area is 92.9 Å². The minimum absolute atomic E-state index is 0.829. The van der Waals surface area contributed by atoms with Crippen LogP contribution in [0.25, 0.3) is 0 Å². The van der Waals surface area contributed by atoms with E-state index >= 15 is 0 Å². The maximum atomic E-state index is 3.52. The summed E-state index contributed by atoms with van der Waals surface area (Å²) in [7, 11) is 0. The Hall–Kier alpha value is -0.820. The summed E-state index contributed by atoms with van der Waals surface area (Å²) in [5, 5.41) is 3.52. The molecule has 1 N–H and O–H groups in total. The molecule has 1 aliphatic carbocycles. The normalized spacial score (nSPS) is 24.1. The molecule has 1 fully saturated rings. The standard InChI is InChI=1S/C14H21N/c1-3-8-15-10-12-9-14(12)13-7-5-4-6-11(13)2/h4-7,12,14-15H,3,8-10H2,1-2H3. The predicted molar refractivity (Wildman–Crippen MR) is 65.2 cm³/mol. The van der Waals surface area contributed by atoms with Crippen molar-refractivity contribution in [3.63, 3.8) is 0 Å². The topological polar surface area (TPSA) is 12.0 Å². The number of nitrogens with one attached hydrogen (secondary N) is 1. The first-order chi connectivity index (χ1) is 7.33. The highest BCUT2D eigenvalue weighted by atomic mass is 14.9. The maximum absolute atomic E-state index is 3.52. The molecule has 2 atom stereocenters. The van der Waals surface area contributed by atoms with Gasteiger partial charge in [0.25, 0.3) is 0 Å². The summed E-state index contributed by atoms with van der Waals surface area (Å²) in [6.07, 6.45) is 2.61. The van der Waals surface area contributed by atoms with Crippen LogP contribution in [0.2, 0.25) is 0 Å². The van der Waals surface area contributed by atoms with Crippen molar-refractivity contribution in [1.29, 1.82) is 0 Å². The van der Waals surface area contributed by atoms with E-state index in [0.29, 0.717) is 0 Å². The summed E-state index contributed by atoms with van der Waals surface area (Å²) < 4.78 is 0. The molecule has 0 aromatic heterocycles. The van der Waals surface area contributed by atoms with E-state index in [4.69, 9.17) is 0 Å². The molecule has 0 bridgehead atoms. The molecule has 0 radical (unpaired) electrons. The lowest BCUT2D eigenvalue weighted by Crippen LogP contribution is -2.17. The van der Waals surface area contributed by atoms with E-state index in [2.05, 4.69) is 43.4 Å². The molecule has 0 amide bonds. The molecule has 0 spiro atoms. The van der Waals surface area contributed by atoms with E-state index in [-0.39, 0.29) is 0 Å². The van der Waals surface area contributed by atoms with E-state index in [0.717, 1.165) is 18.4 Å². The third-order valence-corrected chi connectivity index (χ3v) is 3.34. The van der Waals surface area contributed by atoms with Crippen molar-refractivity contribution in [2.45, 2.75) is 32.6 Å². The van der Waals surface area contributed by atoms with Crippen LogP contribution in [0.5, 0.6) is 0 Å². The smallest absolute Gasteiger partial charge is 0.00144 e. The monoisotopic (exact) mass is 203 g/mol. The Bertz CT molecular complexity index is 319. The van der Waals surface area contributed by atoms with Gasteiger partial charge in [0, 0.05) is 0 Å². The summed E-state index contributed by atoms with van der Waals surface area (Å²) in [6.45, 7) is 6.81. The largest absolute Gasteiger partial charge is 0.316 e. The molecule has 1 saturated carbocycles. The van der Waals surface area contributed by atoms with Gasteiger partial charge in [0.1, 0.15) is 0 Å². The second-order valence-electron chi connectivity index (χ2n) is 4.66. The van der Waals surface area contributed by atoms with Crippen molar-refractivity contribution < 1.29 is 0 Å². The van der Waals surface area contributed by atoms with Crippen LogP contribution < -0.4 is 5.32 Å². The number of hydrogen-bond donors (Lipinski definition) is 1. The first-order valence-corrected chi connectivity index (χ1v) is 6.09. The van der Waals surface area contributed by atoms with Crippen LogP contribution in [-0.4, -0.2) is 13.1 Å². The lowest BCUT2D eigenvalue weighted by atomic mass is 10.0. The molecule has 1 aliphatic rings. The van der Waals surface area contributed by atoms with Gasteiger partial charge in [-0.15, -0.1) is 0 Å². The fraction of sp³-hybridized carbons (Fsp3) is 0.571. The maximum Gasteiger partial charge on any atom is -0.00144 e. The van der Waals surface area contributed by atoms with Gasteiger partial charge in [0.2, 0.25) is 0 Å². The van der Waals surface area contributed by atoms with Crippen LogP contribution in [0, 0.1) is 12.8 Å². The van der Waals surface area contributed by atoms with Gasteiger partial charge in [-0.1, -0.05) is 31.2 Å². The van der Waals surface area contributed by atoms with E-state index < -0.39 is 0 Å². The molecule has 82 valence electrons. The minimum atomic E-state index is 0.829. The van der Waals surface area contributed by atoms with E-state index in [1.807, 2.05) is 0 Å². The zero-order valence-corrected chi connectivity index (χ0v) is 9.79. The van der Waals surface area contributed by atoms with Gasteiger partial charge >= 0.3 is 0 Å². The molecule has 0 heterocycles. The fourth-order valence-corrected chi connectivity index (χ4v) is 2.32. The Morgan fingerprint density at radius 2 is 2.13 bits per heavy atom. The summed E-state index contributed by atoms with van der Waals surface area (Å²) in [4.78, 5) is 0. The van der Waals surface area contributed by atoms with Gasteiger partial charge < -0.3 is 5.32 Å². The molecule has 0 saturated heterocycles. The van der Waals surface area contributed by atoms with Gasteiger partial charge in [-0.3, -0.25) is 0 Å². The van der Waals surface area contributed by atoms with Crippen molar-refractivity contribution in [3.8, 4) is 0 Å². The van der Waals surface area contributed by atoms with Crippen molar-refractivity contribution in [1.82, 2.24) is 5.32 Å². The highest BCUT2D eigenvalue weighted by molar-refractivity contribution is 5.33.